The fourth-order valence-electron chi connectivity index (χ4n) is 3.97. The van der Waals surface area contributed by atoms with Gasteiger partial charge in [0.2, 0.25) is 0 Å². The van der Waals surface area contributed by atoms with Gasteiger partial charge in [-0.1, -0.05) is 42.5 Å². The fourth-order valence-corrected chi connectivity index (χ4v) is 3.97. The van der Waals surface area contributed by atoms with Crippen LogP contribution in [0.25, 0.3) is 21.8 Å². The highest BCUT2D eigenvalue weighted by atomic mass is 16.1. The van der Waals surface area contributed by atoms with E-state index in [0.29, 0.717) is 35.4 Å². The minimum absolute atomic E-state index is 0.0670. The third kappa shape index (κ3) is 4.16. The van der Waals surface area contributed by atoms with Crippen molar-refractivity contribution in [1.82, 2.24) is 15.0 Å². The van der Waals surface area contributed by atoms with Crippen LogP contribution >= 0.6 is 0 Å². The molecule has 3 aromatic carbocycles. The summed E-state index contributed by atoms with van der Waals surface area (Å²) >= 11 is 0. The number of benzene rings is 3. The monoisotopic (exact) mass is 435 g/mol. The Balaban J connectivity index is 1.32. The Morgan fingerprint density at radius 3 is 2.67 bits per heavy atom. The van der Waals surface area contributed by atoms with Crippen LogP contribution in [0.3, 0.4) is 0 Å². The number of aromatic nitrogens is 3. The smallest absolute Gasteiger partial charge is 0.250 e. The molecule has 0 spiro atoms. The lowest BCUT2D eigenvalue weighted by Crippen LogP contribution is -2.12. The maximum Gasteiger partial charge on any atom is 0.250 e. The first-order valence-corrected chi connectivity index (χ1v) is 10.5. The quantitative estimate of drug-likeness (QED) is 0.331. The van der Waals surface area contributed by atoms with Crippen molar-refractivity contribution in [2.45, 2.75) is 13.0 Å². The van der Waals surface area contributed by atoms with Crippen molar-refractivity contribution in [2.24, 2.45) is 5.73 Å². The van der Waals surface area contributed by atoms with Crippen molar-refractivity contribution in [3.8, 4) is 0 Å². The Bertz CT molecular complexity index is 1510. The van der Waals surface area contributed by atoms with E-state index in [1.165, 1.54) is 6.33 Å². The van der Waals surface area contributed by atoms with E-state index in [9.17, 15) is 9.59 Å². The maximum atomic E-state index is 12.8. The number of amides is 1. The van der Waals surface area contributed by atoms with Crippen LogP contribution in [0.4, 0.5) is 5.82 Å². The van der Waals surface area contributed by atoms with Crippen molar-refractivity contribution in [2.75, 3.05) is 5.32 Å². The number of nitrogens with zero attached hydrogens (tertiary/aromatic N) is 2. The lowest BCUT2D eigenvalue weighted by molar-refractivity contribution is 0.0988. The first-order chi connectivity index (χ1) is 16.1. The Morgan fingerprint density at radius 1 is 0.939 bits per heavy atom. The van der Waals surface area contributed by atoms with Gasteiger partial charge >= 0.3 is 0 Å². The number of anilines is 1. The predicted molar refractivity (Wildman–Crippen MR) is 128 cm³/mol. The van der Waals surface area contributed by atoms with Crippen LogP contribution in [0.2, 0.25) is 0 Å². The number of H-pyrrole nitrogens is 1. The largest absolute Gasteiger partial charge is 0.366 e. The number of carbonyl (C=O) groups is 2. The second kappa shape index (κ2) is 8.55. The second-order valence-electron chi connectivity index (χ2n) is 7.84. The molecular weight excluding hydrogens is 414 g/mol. The highest BCUT2D eigenvalue weighted by Crippen LogP contribution is 2.23. The van der Waals surface area contributed by atoms with Crippen LogP contribution < -0.4 is 11.1 Å². The number of para-hydroxylation sites is 1. The molecule has 1 amide bonds. The topological polar surface area (TPSA) is 114 Å². The third-order valence-electron chi connectivity index (χ3n) is 5.62. The van der Waals surface area contributed by atoms with Crippen LogP contribution in [0.1, 0.15) is 31.8 Å². The number of hydrogen-bond donors (Lipinski definition) is 3. The van der Waals surface area contributed by atoms with Gasteiger partial charge in [0.15, 0.2) is 5.78 Å². The van der Waals surface area contributed by atoms with Gasteiger partial charge in [0, 0.05) is 35.6 Å². The Labute approximate surface area is 189 Å². The molecule has 0 fully saturated rings. The van der Waals surface area contributed by atoms with Gasteiger partial charge in [-0.2, -0.15) is 0 Å². The van der Waals surface area contributed by atoms with Gasteiger partial charge in [0.25, 0.3) is 5.91 Å². The summed E-state index contributed by atoms with van der Waals surface area (Å²) in [6, 6.07) is 20.8. The summed E-state index contributed by atoms with van der Waals surface area (Å²) in [7, 11) is 0. The van der Waals surface area contributed by atoms with E-state index in [4.69, 9.17) is 5.73 Å². The molecule has 0 saturated carbocycles. The summed E-state index contributed by atoms with van der Waals surface area (Å²) in [5, 5.41) is 5.11. The molecule has 0 atom stereocenters. The number of Topliss-reactive ketones (excluding diaryl/α,β-unsaturated/α-hetero) is 1. The van der Waals surface area contributed by atoms with Crippen LogP contribution in [0.5, 0.6) is 0 Å². The van der Waals surface area contributed by atoms with Crippen LogP contribution in [-0.4, -0.2) is 26.6 Å². The van der Waals surface area contributed by atoms with Crippen molar-refractivity contribution in [3.05, 3.63) is 102 Å². The van der Waals surface area contributed by atoms with Gasteiger partial charge < -0.3 is 16.0 Å². The van der Waals surface area contributed by atoms with Crippen molar-refractivity contribution < 1.29 is 9.59 Å². The summed E-state index contributed by atoms with van der Waals surface area (Å²) in [4.78, 5) is 36.2. The predicted octanol–water partition coefficient (Wildman–Crippen LogP) is 4.25. The zero-order chi connectivity index (χ0) is 22.8. The lowest BCUT2D eigenvalue weighted by Gasteiger charge is -2.11. The highest BCUT2D eigenvalue weighted by molar-refractivity contribution is 6.06. The SMILES string of the molecule is NC(=O)c1cccc2c(NCc3cccc(CC(=O)c4ccc5cc[nH]c5c4)c3)ncnc12. The molecule has 0 bridgehead atoms. The van der Waals surface area contributed by atoms with Gasteiger partial charge in [0.05, 0.1) is 11.1 Å². The van der Waals surface area contributed by atoms with Crippen LogP contribution in [-0.2, 0) is 13.0 Å². The first-order valence-electron chi connectivity index (χ1n) is 10.5. The number of primary amides is 1. The third-order valence-corrected chi connectivity index (χ3v) is 5.62. The van der Waals surface area contributed by atoms with Gasteiger partial charge in [-0.05, 0) is 40.8 Å². The molecule has 5 rings (SSSR count). The molecule has 0 aliphatic carbocycles. The normalized spacial score (nSPS) is 11.0. The number of nitrogens with two attached hydrogens (primary N) is 1. The zero-order valence-corrected chi connectivity index (χ0v) is 17.7. The Kier molecular flexibility index (Phi) is 5.28. The summed E-state index contributed by atoms with van der Waals surface area (Å²) in [6.07, 6.45) is 3.59. The Hall–Kier alpha value is -4.52. The van der Waals surface area contributed by atoms with E-state index in [0.717, 1.165) is 27.4 Å². The average Bonchev–Trinajstić information content (AvgIpc) is 3.30. The van der Waals surface area contributed by atoms with Crippen molar-refractivity contribution >= 4 is 39.3 Å². The number of carbonyl (C=O) groups excluding carboxylic acids is 2. The van der Waals surface area contributed by atoms with E-state index in [2.05, 4.69) is 20.3 Å². The molecule has 33 heavy (non-hydrogen) atoms. The number of hydrogen-bond acceptors (Lipinski definition) is 5. The standard InChI is InChI=1S/C26H21N5O2/c27-25(33)20-5-2-6-21-24(20)30-15-31-26(21)29-14-17-4-1-3-16(11-17)12-23(32)19-8-7-18-9-10-28-22(18)13-19/h1-11,13,15,28H,12,14H2,(H2,27,33)(H,29,30,31). The minimum atomic E-state index is -0.530. The molecule has 7 heteroatoms. The maximum absolute atomic E-state index is 12.8. The summed E-state index contributed by atoms with van der Waals surface area (Å²) < 4.78 is 0. The van der Waals surface area contributed by atoms with E-state index in [-0.39, 0.29) is 5.78 Å². The molecular formula is C26H21N5O2. The molecule has 5 aromatic rings. The number of nitrogens with one attached hydrogen (secondary N) is 2. The minimum Gasteiger partial charge on any atom is -0.366 e. The van der Waals surface area contributed by atoms with Crippen LogP contribution in [0.15, 0.2) is 79.3 Å². The number of aromatic amines is 1. The summed E-state index contributed by atoms with van der Waals surface area (Å²) in [5.74, 6) is 0.152. The van der Waals surface area contributed by atoms with E-state index >= 15 is 0 Å². The molecule has 0 unspecified atom stereocenters. The van der Waals surface area contributed by atoms with Crippen molar-refractivity contribution in [1.29, 1.82) is 0 Å². The van der Waals surface area contributed by atoms with Gasteiger partial charge in [0.1, 0.15) is 12.1 Å². The molecule has 0 saturated heterocycles. The summed E-state index contributed by atoms with van der Waals surface area (Å²) in [5.41, 5.74) is 9.93. The summed E-state index contributed by atoms with van der Waals surface area (Å²) in [6.45, 7) is 0.503. The highest BCUT2D eigenvalue weighted by Gasteiger charge is 2.12. The molecule has 0 aliphatic rings. The second-order valence-corrected chi connectivity index (χ2v) is 7.84. The number of ketones is 1. The van der Waals surface area contributed by atoms with Gasteiger partial charge in [-0.15, -0.1) is 0 Å². The molecule has 162 valence electrons. The number of fused-ring (bicyclic) bond motifs is 2. The molecule has 0 radical (unpaired) electrons. The fraction of sp³-hybridized carbons (Fsp3) is 0.0769. The first kappa shape index (κ1) is 20.4. The van der Waals surface area contributed by atoms with E-state index in [1.807, 2.05) is 60.8 Å². The molecule has 2 heterocycles. The van der Waals surface area contributed by atoms with Crippen LogP contribution in [0, 0.1) is 0 Å². The van der Waals surface area contributed by atoms with Gasteiger partial charge in [-0.3, -0.25) is 9.59 Å². The lowest BCUT2D eigenvalue weighted by atomic mass is 10.0. The van der Waals surface area contributed by atoms with Gasteiger partial charge in [-0.25, -0.2) is 9.97 Å². The molecule has 0 aliphatic heterocycles. The average molecular weight is 435 g/mol. The molecule has 2 aromatic heterocycles. The molecule has 4 N–H and O–H groups in total. The van der Waals surface area contributed by atoms with E-state index in [1.54, 1.807) is 12.1 Å². The Morgan fingerprint density at radius 2 is 1.79 bits per heavy atom. The van der Waals surface area contributed by atoms with Crippen molar-refractivity contribution in [3.63, 3.8) is 0 Å². The van der Waals surface area contributed by atoms with E-state index < -0.39 is 5.91 Å². The molecule has 7 nitrogen and oxygen atoms in total. The zero-order valence-electron chi connectivity index (χ0n) is 17.7. The number of rotatable bonds is 7.